The van der Waals surface area contributed by atoms with Gasteiger partial charge in [-0.1, -0.05) is 188 Å². The third kappa shape index (κ3) is 6.39. The maximum Gasteiger partial charge on any atom is 0.159 e. The Kier molecular flexibility index (Phi) is 9.39. The fourth-order valence-electron chi connectivity index (χ4n) is 11.5. The van der Waals surface area contributed by atoms with Crippen molar-refractivity contribution in [3.8, 4) is 22.3 Å². The summed E-state index contributed by atoms with van der Waals surface area (Å²) < 4.78 is 13.2. The molecule has 0 N–H and O–H groups in total. The third-order valence-electron chi connectivity index (χ3n) is 14.5. The van der Waals surface area contributed by atoms with E-state index in [1.54, 1.807) is 0 Å². The van der Waals surface area contributed by atoms with Crippen LogP contribution in [0.3, 0.4) is 0 Å². The van der Waals surface area contributed by atoms with Crippen LogP contribution >= 0.6 is 0 Å². The van der Waals surface area contributed by atoms with Crippen molar-refractivity contribution in [3.63, 3.8) is 0 Å². The maximum absolute atomic E-state index is 6.84. The molecule has 0 aliphatic heterocycles. The van der Waals surface area contributed by atoms with Gasteiger partial charge in [-0.05, 0) is 123 Å². The lowest BCUT2D eigenvalue weighted by molar-refractivity contribution is 0.668. The molecule has 71 heavy (non-hydrogen) atoms. The Hall–Kier alpha value is -9.38. The number of hydrogen-bond donors (Lipinski definition) is 0. The first kappa shape index (κ1) is 40.7. The molecule has 334 valence electrons. The van der Waals surface area contributed by atoms with Crippen molar-refractivity contribution in [1.29, 1.82) is 0 Å². The van der Waals surface area contributed by atoms with Gasteiger partial charge in [0.05, 0.1) is 22.2 Å². The van der Waals surface area contributed by atoms with E-state index in [9.17, 15) is 0 Å². The van der Waals surface area contributed by atoms with Crippen LogP contribution in [0.5, 0.6) is 0 Å². The summed E-state index contributed by atoms with van der Waals surface area (Å²) in [6.45, 7) is 0. The number of hydrogen-bond acceptors (Lipinski definition) is 4. The minimum Gasteiger partial charge on any atom is -0.456 e. The molecule has 0 fully saturated rings. The summed E-state index contributed by atoms with van der Waals surface area (Å²) in [7, 11) is 0. The number of benzene rings is 11. The Labute approximate surface area is 411 Å². The van der Waals surface area contributed by atoms with E-state index in [-0.39, 0.29) is 0 Å². The Morgan fingerprint density at radius 1 is 0.296 bits per heavy atom. The molecule has 0 spiro atoms. The quantitative estimate of drug-likeness (QED) is 0.144. The number of rotatable bonds is 9. The predicted octanol–water partition coefficient (Wildman–Crippen LogP) is 18.5. The fourth-order valence-corrected chi connectivity index (χ4v) is 11.5. The van der Waals surface area contributed by atoms with Crippen molar-refractivity contribution in [2.45, 2.75) is 5.41 Å². The van der Waals surface area contributed by atoms with Gasteiger partial charge in [-0.15, -0.1) is 0 Å². The molecule has 0 saturated carbocycles. The molecule has 13 aromatic rings. The highest BCUT2D eigenvalue weighted by Gasteiger charge is 2.46. The fraction of sp³-hybridized carbons (Fsp3) is 0.0149. The van der Waals surface area contributed by atoms with Crippen LogP contribution in [0.1, 0.15) is 22.3 Å². The Morgan fingerprint density at radius 3 is 1.56 bits per heavy atom. The summed E-state index contributed by atoms with van der Waals surface area (Å²) >= 11 is 0. The van der Waals surface area contributed by atoms with Crippen LogP contribution in [-0.4, -0.2) is 0 Å². The van der Waals surface area contributed by atoms with E-state index in [1.807, 2.05) is 18.2 Å². The second-order valence-corrected chi connectivity index (χ2v) is 18.4. The van der Waals surface area contributed by atoms with Crippen LogP contribution in [0.2, 0.25) is 0 Å². The van der Waals surface area contributed by atoms with E-state index in [0.29, 0.717) is 0 Å². The van der Waals surface area contributed by atoms with Crippen LogP contribution in [0.25, 0.3) is 66.1 Å². The maximum atomic E-state index is 6.84. The van der Waals surface area contributed by atoms with Crippen LogP contribution in [0.4, 0.5) is 34.1 Å². The Morgan fingerprint density at radius 2 is 0.803 bits per heavy atom. The average Bonchev–Trinajstić information content (AvgIpc) is 4.12. The summed E-state index contributed by atoms with van der Waals surface area (Å²) in [5, 5.41) is 4.35. The van der Waals surface area contributed by atoms with Gasteiger partial charge >= 0.3 is 0 Å². The summed E-state index contributed by atoms with van der Waals surface area (Å²) in [5.41, 5.74) is 18.8. The summed E-state index contributed by atoms with van der Waals surface area (Å²) in [6, 6.07) is 95.9. The molecule has 0 bridgehead atoms. The van der Waals surface area contributed by atoms with E-state index in [0.717, 1.165) is 89.1 Å². The number of fused-ring (bicyclic) bond motifs is 9. The monoisotopic (exact) mass is 908 g/mol. The van der Waals surface area contributed by atoms with Gasteiger partial charge in [0.2, 0.25) is 0 Å². The molecule has 1 aliphatic carbocycles. The molecule has 0 unspecified atom stereocenters. The van der Waals surface area contributed by atoms with Gasteiger partial charge in [-0.3, -0.25) is 0 Å². The molecule has 2 heterocycles. The van der Waals surface area contributed by atoms with Crippen molar-refractivity contribution in [2.24, 2.45) is 0 Å². The zero-order valence-electron chi connectivity index (χ0n) is 38.6. The van der Waals surface area contributed by atoms with E-state index in [1.165, 1.54) is 33.4 Å². The van der Waals surface area contributed by atoms with E-state index >= 15 is 0 Å². The molecule has 0 saturated heterocycles. The minimum atomic E-state index is -0.561. The average molecular weight is 909 g/mol. The first-order valence-electron chi connectivity index (χ1n) is 24.2. The number of furan rings is 2. The normalized spacial score (nSPS) is 12.6. The Balaban J connectivity index is 0.933. The zero-order valence-corrected chi connectivity index (χ0v) is 38.6. The van der Waals surface area contributed by atoms with Crippen LogP contribution in [0, 0.1) is 0 Å². The van der Waals surface area contributed by atoms with Gasteiger partial charge in [-0.2, -0.15) is 0 Å². The van der Waals surface area contributed by atoms with Crippen molar-refractivity contribution in [1.82, 2.24) is 0 Å². The van der Waals surface area contributed by atoms with Gasteiger partial charge in [0.15, 0.2) is 5.58 Å². The van der Waals surface area contributed by atoms with E-state index < -0.39 is 5.41 Å². The lowest BCUT2D eigenvalue weighted by Gasteiger charge is -2.35. The smallest absolute Gasteiger partial charge is 0.159 e. The highest BCUT2D eigenvalue weighted by molar-refractivity contribution is 6.13. The van der Waals surface area contributed by atoms with Crippen LogP contribution in [0.15, 0.2) is 276 Å². The standard InChI is InChI=1S/C67H44N2O2/c1-3-20-47(21-4-1)67(58-32-11-7-27-53(58)54-28-8-12-33-59(54)67)48-22-16-26-52(44-48)69(61-35-17-31-56-55-29-9-13-36-62(55)71-66(56)61)51-25-15-19-46(43-51)45-39-41-50(42-40-45)68(49-23-5-2-6-24-49)60-34-18-38-64-65(60)57-30-10-14-37-63(57)70-64/h1-44H. The molecule has 4 heteroatoms. The lowest BCUT2D eigenvalue weighted by Crippen LogP contribution is -2.28. The van der Waals surface area contributed by atoms with Gasteiger partial charge in [0.1, 0.15) is 16.7 Å². The predicted molar refractivity (Wildman–Crippen MR) is 293 cm³/mol. The van der Waals surface area contributed by atoms with Crippen molar-refractivity contribution >= 4 is 78.0 Å². The summed E-state index contributed by atoms with van der Waals surface area (Å²) in [4.78, 5) is 4.71. The highest BCUT2D eigenvalue weighted by Crippen LogP contribution is 2.57. The van der Waals surface area contributed by atoms with Gasteiger partial charge in [-0.25, -0.2) is 0 Å². The van der Waals surface area contributed by atoms with Crippen LogP contribution in [-0.2, 0) is 5.41 Å². The molecule has 0 radical (unpaired) electrons. The molecule has 0 atom stereocenters. The molecule has 14 rings (SSSR count). The number of nitrogens with zero attached hydrogens (tertiary/aromatic N) is 2. The summed E-state index contributed by atoms with van der Waals surface area (Å²) in [6.07, 6.45) is 0. The highest BCUT2D eigenvalue weighted by atomic mass is 16.3. The van der Waals surface area contributed by atoms with Gasteiger partial charge in [0, 0.05) is 38.9 Å². The van der Waals surface area contributed by atoms with Crippen molar-refractivity contribution < 1.29 is 8.83 Å². The second-order valence-electron chi connectivity index (χ2n) is 18.4. The minimum absolute atomic E-state index is 0.561. The molecule has 1 aliphatic rings. The van der Waals surface area contributed by atoms with Crippen molar-refractivity contribution in [3.05, 3.63) is 289 Å². The molecular formula is C67H44N2O2. The van der Waals surface area contributed by atoms with Crippen molar-refractivity contribution in [2.75, 3.05) is 9.80 Å². The van der Waals surface area contributed by atoms with Gasteiger partial charge < -0.3 is 18.6 Å². The zero-order chi connectivity index (χ0) is 46.9. The lowest BCUT2D eigenvalue weighted by atomic mass is 9.67. The van der Waals surface area contributed by atoms with E-state index in [4.69, 9.17) is 8.83 Å². The molecular weight excluding hydrogens is 865 g/mol. The topological polar surface area (TPSA) is 32.8 Å². The molecule has 0 amide bonds. The Bertz CT molecular complexity index is 4090. The SMILES string of the molecule is c1ccc(N(c2ccc(-c3cccc(N(c4cccc(C5(c6ccccc6)c6ccccc6-c6ccccc65)c4)c4cccc5c4oc4ccccc45)c3)cc2)c2cccc3oc4ccccc4c23)cc1. The second kappa shape index (κ2) is 16.4. The largest absolute Gasteiger partial charge is 0.456 e. The van der Waals surface area contributed by atoms with Gasteiger partial charge in [0.25, 0.3) is 0 Å². The molecule has 2 aromatic heterocycles. The van der Waals surface area contributed by atoms with Crippen LogP contribution < -0.4 is 9.80 Å². The first-order chi connectivity index (χ1) is 35.2. The number of anilines is 6. The first-order valence-corrected chi connectivity index (χ1v) is 24.2. The molecule has 11 aromatic carbocycles. The molecule has 4 nitrogen and oxygen atoms in total. The summed E-state index contributed by atoms with van der Waals surface area (Å²) in [5.74, 6) is 0. The third-order valence-corrected chi connectivity index (χ3v) is 14.5. The van der Waals surface area contributed by atoms with E-state index in [2.05, 4.69) is 259 Å². The number of para-hydroxylation sites is 4.